The highest BCUT2D eigenvalue weighted by molar-refractivity contribution is 9.10. The SMILES string of the molecule is CCOc1ccc(C2=N[C@@H](c3ccc(F)c(Br)c3)N[C@H](c3cc(Br)ccc3O)C2)cc1. The Hall–Kier alpha value is -2.22. The molecule has 0 aliphatic carbocycles. The number of phenols is 1. The Morgan fingerprint density at radius 1 is 1.10 bits per heavy atom. The minimum atomic E-state index is -0.393. The van der Waals surface area contributed by atoms with Gasteiger partial charge in [0.1, 0.15) is 23.5 Å². The predicted octanol–water partition coefficient (Wildman–Crippen LogP) is 6.68. The molecular weight excluding hydrogens is 527 g/mol. The summed E-state index contributed by atoms with van der Waals surface area (Å²) in [6.07, 6.45) is 0.201. The third-order valence-corrected chi connectivity index (χ3v) is 6.27. The fraction of sp³-hybridized carbons (Fsp3) is 0.208. The van der Waals surface area contributed by atoms with Crippen molar-refractivity contribution in [3.63, 3.8) is 0 Å². The van der Waals surface area contributed by atoms with Crippen molar-refractivity contribution in [1.82, 2.24) is 5.32 Å². The first kappa shape index (κ1) is 22.0. The van der Waals surface area contributed by atoms with Crippen molar-refractivity contribution in [2.45, 2.75) is 25.6 Å². The zero-order valence-electron chi connectivity index (χ0n) is 16.8. The second-order valence-corrected chi connectivity index (χ2v) is 9.01. The highest BCUT2D eigenvalue weighted by atomic mass is 79.9. The first-order valence-corrected chi connectivity index (χ1v) is 11.5. The number of hydrogen-bond acceptors (Lipinski definition) is 4. The molecule has 31 heavy (non-hydrogen) atoms. The Labute approximate surface area is 197 Å². The minimum absolute atomic E-state index is 0.176. The summed E-state index contributed by atoms with van der Waals surface area (Å²) in [6, 6.07) is 17.9. The van der Waals surface area contributed by atoms with E-state index in [-0.39, 0.29) is 17.6 Å². The second-order valence-electron chi connectivity index (χ2n) is 7.24. The van der Waals surface area contributed by atoms with E-state index in [1.165, 1.54) is 6.07 Å². The van der Waals surface area contributed by atoms with E-state index in [4.69, 9.17) is 9.73 Å². The highest BCUT2D eigenvalue weighted by Crippen LogP contribution is 2.36. The number of nitrogens with one attached hydrogen (secondary N) is 1. The molecule has 2 N–H and O–H groups in total. The van der Waals surface area contributed by atoms with E-state index >= 15 is 0 Å². The molecule has 1 aliphatic heterocycles. The lowest BCUT2D eigenvalue weighted by Gasteiger charge is -2.31. The molecule has 0 saturated carbocycles. The quantitative estimate of drug-likeness (QED) is 0.374. The van der Waals surface area contributed by atoms with Crippen LogP contribution in [-0.2, 0) is 0 Å². The van der Waals surface area contributed by atoms with Crippen molar-refractivity contribution in [3.8, 4) is 11.5 Å². The van der Waals surface area contributed by atoms with Gasteiger partial charge in [0, 0.05) is 28.2 Å². The zero-order chi connectivity index (χ0) is 22.0. The summed E-state index contributed by atoms with van der Waals surface area (Å²) >= 11 is 6.76. The lowest BCUT2D eigenvalue weighted by molar-refractivity contribution is 0.340. The van der Waals surface area contributed by atoms with Gasteiger partial charge in [-0.3, -0.25) is 10.3 Å². The van der Waals surface area contributed by atoms with E-state index in [2.05, 4.69) is 37.2 Å². The number of rotatable bonds is 5. The number of aliphatic imine (C=N–C) groups is 1. The van der Waals surface area contributed by atoms with Crippen LogP contribution in [0.2, 0.25) is 0 Å². The van der Waals surface area contributed by atoms with Crippen molar-refractivity contribution >= 4 is 37.6 Å². The molecule has 0 saturated heterocycles. The highest BCUT2D eigenvalue weighted by Gasteiger charge is 2.28. The van der Waals surface area contributed by atoms with Crippen LogP contribution in [0, 0.1) is 5.82 Å². The molecule has 0 spiro atoms. The second kappa shape index (κ2) is 9.51. The van der Waals surface area contributed by atoms with Crippen LogP contribution in [0.15, 0.2) is 74.6 Å². The zero-order valence-corrected chi connectivity index (χ0v) is 20.0. The minimum Gasteiger partial charge on any atom is -0.508 e. The molecule has 0 bridgehead atoms. The monoisotopic (exact) mass is 546 g/mol. The molecule has 4 nitrogen and oxygen atoms in total. The molecule has 1 heterocycles. The normalized spacial score (nSPS) is 18.5. The number of phenolic OH excluding ortho intramolecular Hbond substituents is 1. The van der Waals surface area contributed by atoms with Gasteiger partial charge >= 0.3 is 0 Å². The van der Waals surface area contributed by atoms with Gasteiger partial charge in [-0.05, 0) is 88.6 Å². The molecule has 0 aromatic heterocycles. The van der Waals surface area contributed by atoms with Gasteiger partial charge in [0.05, 0.1) is 11.1 Å². The first-order chi connectivity index (χ1) is 14.9. The maximum absolute atomic E-state index is 13.8. The number of halogens is 3. The molecule has 0 unspecified atom stereocenters. The maximum atomic E-state index is 13.8. The Balaban J connectivity index is 1.74. The van der Waals surface area contributed by atoms with Crippen molar-refractivity contribution in [3.05, 3.63) is 92.1 Å². The number of nitrogens with zero attached hydrogens (tertiary/aromatic N) is 1. The Morgan fingerprint density at radius 2 is 1.87 bits per heavy atom. The van der Waals surface area contributed by atoms with E-state index in [0.717, 1.165) is 32.6 Å². The molecule has 3 aromatic carbocycles. The standard InChI is InChI=1S/C24H21Br2FN2O2/c1-2-31-17-7-3-14(4-8-17)21-13-22(18-12-16(25)6-10-23(18)30)29-24(28-21)15-5-9-20(27)19(26)11-15/h3-12,22,24,29-30H,2,13H2,1H3/t22-,24+/m0/s1. The number of hydrogen-bond donors (Lipinski definition) is 2. The van der Waals surface area contributed by atoms with Gasteiger partial charge in [0.15, 0.2) is 0 Å². The van der Waals surface area contributed by atoms with E-state index in [0.29, 0.717) is 17.5 Å². The van der Waals surface area contributed by atoms with Crippen LogP contribution in [0.1, 0.15) is 42.2 Å². The molecule has 0 amide bonds. The lowest BCUT2D eigenvalue weighted by Crippen LogP contribution is -2.33. The number of aromatic hydroxyl groups is 1. The summed E-state index contributed by atoms with van der Waals surface area (Å²) in [7, 11) is 0. The predicted molar refractivity (Wildman–Crippen MR) is 127 cm³/mol. The molecule has 4 rings (SSSR count). The van der Waals surface area contributed by atoms with Crippen LogP contribution >= 0.6 is 31.9 Å². The first-order valence-electron chi connectivity index (χ1n) is 9.94. The summed E-state index contributed by atoms with van der Waals surface area (Å²) < 4.78 is 20.6. The largest absolute Gasteiger partial charge is 0.508 e. The molecule has 3 aromatic rings. The van der Waals surface area contributed by atoms with E-state index in [1.54, 1.807) is 24.3 Å². The molecule has 0 fully saturated rings. The third-order valence-electron chi connectivity index (χ3n) is 5.16. The molecule has 160 valence electrons. The summed E-state index contributed by atoms with van der Waals surface area (Å²) in [4.78, 5) is 4.92. The van der Waals surface area contributed by atoms with Gasteiger partial charge in [-0.2, -0.15) is 0 Å². The van der Waals surface area contributed by atoms with E-state index < -0.39 is 6.17 Å². The smallest absolute Gasteiger partial charge is 0.137 e. The summed E-state index contributed by atoms with van der Waals surface area (Å²) in [5, 5.41) is 14.0. The van der Waals surface area contributed by atoms with Gasteiger partial charge in [0.25, 0.3) is 0 Å². The number of benzene rings is 3. The Morgan fingerprint density at radius 3 is 2.58 bits per heavy atom. The van der Waals surface area contributed by atoms with E-state index in [9.17, 15) is 9.50 Å². The van der Waals surface area contributed by atoms with Gasteiger partial charge in [0.2, 0.25) is 0 Å². The van der Waals surface area contributed by atoms with Crippen LogP contribution in [0.4, 0.5) is 4.39 Å². The van der Waals surface area contributed by atoms with Crippen molar-refractivity contribution < 1.29 is 14.2 Å². The average molecular weight is 548 g/mol. The van der Waals surface area contributed by atoms with Gasteiger partial charge in [-0.25, -0.2) is 4.39 Å². The van der Waals surface area contributed by atoms with Gasteiger partial charge < -0.3 is 9.84 Å². The topological polar surface area (TPSA) is 53.8 Å². The van der Waals surface area contributed by atoms with Gasteiger partial charge in [-0.15, -0.1) is 0 Å². The van der Waals surface area contributed by atoms with Crippen LogP contribution in [0.3, 0.4) is 0 Å². The molecule has 0 radical (unpaired) electrons. The molecule has 7 heteroatoms. The van der Waals surface area contributed by atoms with Gasteiger partial charge in [-0.1, -0.05) is 22.0 Å². The summed E-state index contributed by atoms with van der Waals surface area (Å²) in [6.45, 7) is 2.56. The van der Waals surface area contributed by atoms with Crippen molar-refractivity contribution in [2.24, 2.45) is 4.99 Å². The van der Waals surface area contributed by atoms with Crippen LogP contribution in [0.5, 0.6) is 11.5 Å². The lowest BCUT2D eigenvalue weighted by atomic mass is 9.93. The Bertz CT molecular complexity index is 1120. The van der Waals surface area contributed by atoms with Crippen molar-refractivity contribution in [2.75, 3.05) is 6.61 Å². The maximum Gasteiger partial charge on any atom is 0.137 e. The Kier molecular flexibility index (Phi) is 6.74. The van der Waals surface area contributed by atoms with E-state index in [1.807, 2.05) is 37.3 Å². The summed E-state index contributed by atoms with van der Waals surface area (Å²) in [5.41, 5.74) is 3.49. The van der Waals surface area contributed by atoms with Crippen LogP contribution in [0.25, 0.3) is 0 Å². The van der Waals surface area contributed by atoms with Crippen LogP contribution < -0.4 is 10.1 Å². The van der Waals surface area contributed by atoms with Crippen molar-refractivity contribution in [1.29, 1.82) is 0 Å². The molecular formula is C24H21Br2FN2O2. The molecule has 1 aliphatic rings. The fourth-order valence-corrected chi connectivity index (χ4v) is 4.42. The number of ether oxygens (including phenoxy) is 1. The van der Waals surface area contributed by atoms with Crippen LogP contribution in [-0.4, -0.2) is 17.4 Å². The summed E-state index contributed by atoms with van der Waals surface area (Å²) in [5.74, 6) is 0.699. The average Bonchev–Trinajstić information content (AvgIpc) is 2.78. The third kappa shape index (κ3) is 5.00. The molecule has 2 atom stereocenters. The fourth-order valence-electron chi connectivity index (χ4n) is 3.65.